The van der Waals surface area contributed by atoms with Gasteiger partial charge >= 0.3 is 0 Å². The number of rotatable bonds is 3. The van der Waals surface area contributed by atoms with Crippen LogP contribution in [0, 0.1) is 17.7 Å². The van der Waals surface area contributed by atoms with Crippen LogP contribution in [0.1, 0.15) is 11.6 Å². The molecular weight excluding hydrogens is 357 g/mol. The minimum absolute atomic E-state index is 0. The van der Waals surface area contributed by atoms with Gasteiger partial charge in [0.2, 0.25) is 5.91 Å². The summed E-state index contributed by atoms with van der Waals surface area (Å²) in [6, 6.07) is 11.2. The molecule has 5 nitrogen and oxygen atoms in total. The first-order valence-electron chi connectivity index (χ1n) is 8.54. The molecule has 1 aromatic heterocycles. The largest absolute Gasteiger partial charge is 0.333 e. The molecule has 0 spiro atoms. The van der Waals surface area contributed by atoms with Gasteiger partial charge < -0.3 is 14.8 Å². The second kappa shape index (κ2) is 7.60. The Morgan fingerprint density at radius 2 is 2.04 bits per heavy atom. The van der Waals surface area contributed by atoms with Gasteiger partial charge in [-0.3, -0.25) is 9.59 Å². The Kier molecular flexibility index (Phi) is 5.44. The van der Waals surface area contributed by atoms with Crippen molar-refractivity contribution < 1.29 is 9.18 Å². The van der Waals surface area contributed by atoms with E-state index >= 15 is 0 Å². The monoisotopic (exact) mass is 377 g/mol. The van der Waals surface area contributed by atoms with Crippen molar-refractivity contribution in [3.05, 3.63) is 70.4 Å². The number of pyridine rings is 1. The van der Waals surface area contributed by atoms with Gasteiger partial charge in [-0.2, -0.15) is 0 Å². The van der Waals surface area contributed by atoms with Crippen LogP contribution in [-0.4, -0.2) is 35.0 Å². The summed E-state index contributed by atoms with van der Waals surface area (Å²) in [5, 5.41) is 3.37. The molecule has 0 saturated carbocycles. The fourth-order valence-corrected chi connectivity index (χ4v) is 4.12. The first kappa shape index (κ1) is 18.6. The first-order chi connectivity index (χ1) is 12.1. The molecule has 0 radical (unpaired) electrons. The molecule has 1 N–H and O–H groups in total. The highest BCUT2D eigenvalue weighted by molar-refractivity contribution is 5.85. The van der Waals surface area contributed by atoms with E-state index in [9.17, 15) is 14.0 Å². The maximum atomic E-state index is 13.7. The second-order valence-electron chi connectivity index (χ2n) is 6.79. The van der Waals surface area contributed by atoms with E-state index in [0.717, 1.165) is 18.7 Å². The molecular formula is C19H21ClFN3O2. The molecule has 0 unspecified atom stereocenters. The second-order valence-corrected chi connectivity index (χ2v) is 6.79. The number of aromatic nitrogens is 1. The number of benzene rings is 1. The highest BCUT2D eigenvalue weighted by atomic mass is 35.5. The Morgan fingerprint density at radius 1 is 1.19 bits per heavy atom. The zero-order chi connectivity index (χ0) is 17.4. The quantitative estimate of drug-likeness (QED) is 0.887. The smallest absolute Gasteiger partial charge is 0.250 e. The lowest BCUT2D eigenvalue weighted by Gasteiger charge is -2.28. The summed E-state index contributed by atoms with van der Waals surface area (Å²) in [7, 11) is 0. The van der Waals surface area contributed by atoms with E-state index in [1.54, 1.807) is 24.4 Å². The number of hydrogen-bond acceptors (Lipinski definition) is 3. The van der Waals surface area contributed by atoms with Crippen molar-refractivity contribution in [1.82, 2.24) is 14.8 Å². The van der Waals surface area contributed by atoms with Crippen molar-refractivity contribution in [3.63, 3.8) is 0 Å². The fourth-order valence-electron chi connectivity index (χ4n) is 4.12. The highest BCUT2D eigenvalue weighted by Gasteiger charge is 2.46. The molecule has 26 heavy (non-hydrogen) atoms. The van der Waals surface area contributed by atoms with Crippen LogP contribution in [-0.2, 0) is 11.3 Å². The van der Waals surface area contributed by atoms with Crippen LogP contribution < -0.4 is 10.9 Å². The van der Waals surface area contributed by atoms with Gasteiger partial charge in [-0.15, -0.1) is 12.4 Å². The van der Waals surface area contributed by atoms with Crippen LogP contribution in [0.3, 0.4) is 0 Å². The number of carbonyl (C=O) groups excluding carboxylic acids is 1. The number of fused-ring (bicyclic) bond motifs is 1. The standard InChI is InChI=1S/C19H20FN3O2.ClH/c20-15-5-3-4-13(8-15)19-16-10-21-9-14(16)11-23(19)18(25)12-22-7-2-1-6-17(22)24;/h1-8,14,16,19,21H,9-12H2;1H/t14-,16-,19+;/m0./s1. The minimum atomic E-state index is -0.293. The summed E-state index contributed by atoms with van der Waals surface area (Å²) < 4.78 is 15.1. The molecule has 2 aromatic rings. The van der Waals surface area contributed by atoms with Crippen LogP contribution in [0.4, 0.5) is 4.39 Å². The third kappa shape index (κ3) is 3.39. The number of nitrogens with zero attached hydrogens (tertiary/aromatic N) is 2. The molecule has 2 aliphatic heterocycles. The van der Waals surface area contributed by atoms with Gasteiger partial charge in [-0.1, -0.05) is 18.2 Å². The highest BCUT2D eigenvalue weighted by Crippen LogP contribution is 2.42. The van der Waals surface area contributed by atoms with Crippen molar-refractivity contribution in [2.24, 2.45) is 11.8 Å². The van der Waals surface area contributed by atoms with E-state index in [2.05, 4.69) is 5.32 Å². The Hall–Kier alpha value is -2.18. The lowest BCUT2D eigenvalue weighted by molar-refractivity contribution is -0.133. The van der Waals surface area contributed by atoms with E-state index in [4.69, 9.17) is 0 Å². The summed E-state index contributed by atoms with van der Waals surface area (Å²) in [6.45, 7) is 2.34. The zero-order valence-electron chi connectivity index (χ0n) is 14.2. The molecule has 1 amide bonds. The van der Waals surface area contributed by atoms with Crippen LogP contribution in [0.25, 0.3) is 0 Å². The molecule has 4 rings (SSSR count). The fraction of sp³-hybridized carbons (Fsp3) is 0.368. The average Bonchev–Trinajstić information content (AvgIpc) is 3.17. The molecule has 138 valence electrons. The SMILES string of the molecule is Cl.O=C(Cn1ccccc1=O)N1C[C@@H]2CNC[C@@H]2[C@H]1c1cccc(F)c1. The Balaban J connectivity index is 0.00000196. The topological polar surface area (TPSA) is 54.3 Å². The summed E-state index contributed by atoms with van der Waals surface area (Å²) in [5.41, 5.74) is 0.629. The van der Waals surface area contributed by atoms with E-state index in [-0.39, 0.29) is 48.2 Å². The number of halogens is 2. The summed E-state index contributed by atoms with van der Waals surface area (Å²) >= 11 is 0. The predicted octanol–water partition coefficient (Wildman–Crippen LogP) is 1.83. The number of nitrogens with one attached hydrogen (secondary N) is 1. The van der Waals surface area contributed by atoms with Crippen LogP contribution in [0.2, 0.25) is 0 Å². The molecule has 3 atom stereocenters. The maximum absolute atomic E-state index is 13.7. The number of likely N-dealkylation sites (tertiary alicyclic amines) is 1. The van der Waals surface area contributed by atoms with Gasteiger partial charge in [0.05, 0.1) is 6.04 Å². The first-order valence-corrected chi connectivity index (χ1v) is 8.54. The average molecular weight is 378 g/mol. The number of carbonyl (C=O) groups is 1. The summed E-state index contributed by atoms with van der Waals surface area (Å²) in [5.74, 6) is 0.249. The van der Waals surface area contributed by atoms with Crippen LogP contribution in [0.5, 0.6) is 0 Å². The minimum Gasteiger partial charge on any atom is -0.333 e. The molecule has 2 saturated heterocycles. The Labute approximate surface area is 157 Å². The van der Waals surface area contributed by atoms with Gasteiger partial charge in [0, 0.05) is 37.8 Å². The maximum Gasteiger partial charge on any atom is 0.250 e. The number of hydrogen-bond donors (Lipinski definition) is 1. The van der Waals surface area contributed by atoms with Gasteiger partial charge in [0.15, 0.2) is 0 Å². The van der Waals surface area contributed by atoms with Crippen molar-refractivity contribution >= 4 is 18.3 Å². The van der Waals surface area contributed by atoms with Crippen LogP contribution >= 0.6 is 12.4 Å². The molecule has 3 heterocycles. The lowest BCUT2D eigenvalue weighted by Crippen LogP contribution is -2.38. The van der Waals surface area contributed by atoms with Crippen molar-refractivity contribution in [2.45, 2.75) is 12.6 Å². The van der Waals surface area contributed by atoms with E-state index in [1.165, 1.54) is 22.8 Å². The van der Waals surface area contributed by atoms with E-state index < -0.39 is 0 Å². The molecule has 0 bridgehead atoms. The van der Waals surface area contributed by atoms with Crippen molar-refractivity contribution in [2.75, 3.05) is 19.6 Å². The third-order valence-electron chi connectivity index (χ3n) is 5.28. The van der Waals surface area contributed by atoms with E-state index in [1.807, 2.05) is 11.0 Å². The van der Waals surface area contributed by atoms with Gasteiger partial charge in [-0.25, -0.2) is 4.39 Å². The van der Waals surface area contributed by atoms with Gasteiger partial charge in [-0.05, 0) is 29.7 Å². The Morgan fingerprint density at radius 3 is 2.81 bits per heavy atom. The third-order valence-corrected chi connectivity index (χ3v) is 5.28. The molecule has 7 heteroatoms. The molecule has 1 aromatic carbocycles. The predicted molar refractivity (Wildman–Crippen MR) is 98.7 cm³/mol. The lowest BCUT2D eigenvalue weighted by atomic mass is 9.89. The van der Waals surface area contributed by atoms with Gasteiger partial charge in [0.25, 0.3) is 5.56 Å². The zero-order valence-corrected chi connectivity index (χ0v) is 15.0. The van der Waals surface area contributed by atoms with E-state index in [0.29, 0.717) is 12.5 Å². The molecule has 2 fully saturated rings. The summed E-state index contributed by atoms with van der Waals surface area (Å²) in [4.78, 5) is 26.6. The van der Waals surface area contributed by atoms with Crippen molar-refractivity contribution in [3.8, 4) is 0 Å². The normalized spacial score (nSPS) is 24.2. The summed E-state index contributed by atoms with van der Waals surface area (Å²) in [6.07, 6.45) is 1.62. The Bertz CT molecular complexity index is 856. The van der Waals surface area contributed by atoms with Crippen molar-refractivity contribution in [1.29, 1.82) is 0 Å². The molecule has 0 aliphatic carbocycles. The van der Waals surface area contributed by atoms with Crippen LogP contribution in [0.15, 0.2) is 53.5 Å². The molecule has 2 aliphatic rings. The van der Waals surface area contributed by atoms with Gasteiger partial charge in [0.1, 0.15) is 12.4 Å². The number of amides is 1.